The Kier molecular flexibility index (Phi) is 6.94. The van der Waals surface area contributed by atoms with Gasteiger partial charge >= 0.3 is 5.97 Å². The lowest BCUT2D eigenvalue weighted by molar-refractivity contribution is -0.139. The zero-order chi connectivity index (χ0) is 22.2. The van der Waals surface area contributed by atoms with Crippen molar-refractivity contribution >= 4 is 29.1 Å². The summed E-state index contributed by atoms with van der Waals surface area (Å²) < 4.78 is 21.2. The summed E-state index contributed by atoms with van der Waals surface area (Å²) in [6.07, 6.45) is 1.61. The van der Waals surface area contributed by atoms with Gasteiger partial charge in [-0.15, -0.1) is 0 Å². The summed E-state index contributed by atoms with van der Waals surface area (Å²) in [5.41, 5.74) is 1.41. The Labute approximate surface area is 178 Å². The molecule has 10 nitrogen and oxygen atoms in total. The molecule has 2 aromatic carbocycles. The van der Waals surface area contributed by atoms with Crippen LogP contribution in [-0.4, -0.2) is 49.0 Å². The maximum atomic E-state index is 10.6. The summed E-state index contributed by atoms with van der Waals surface area (Å²) >= 11 is 0. The van der Waals surface area contributed by atoms with Gasteiger partial charge in [0.15, 0.2) is 18.1 Å². The van der Waals surface area contributed by atoms with Crippen LogP contribution in [0.25, 0.3) is 0 Å². The fourth-order valence-electron chi connectivity index (χ4n) is 2.70. The van der Waals surface area contributed by atoms with Crippen molar-refractivity contribution in [3.8, 4) is 23.0 Å². The van der Waals surface area contributed by atoms with Crippen LogP contribution in [0.2, 0.25) is 0 Å². The quantitative estimate of drug-likeness (QED) is 0.444. The molecule has 0 fully saturated rings. The van der Waals surface area contributed by atoms with Gasteiger partial charge in [-0.2, -0.15) is 4.98 Å². The van der Waals surface area contributed by atoms with Crippen molar-refractivity contribution in [3.63, 3.8) is 0 Å². The Hall–Kier alpha value is -4.21. The van der Waals surface area contributed by atoms with Crippen molar-refractivity contribution < 1.29 is 28.8 Å². The van der Waals surface area contributed by atoms with Gasteiger partial charge < -0.3 is 34.7 Å². The van der Waals surface area contributed by atoms with Gasteiger partial charge in [0.2, 0.25) is 11.7 Å². The smallest absolute Gasteiger partial charge is 0.341 e. The summed E-state index contributed by atoms with van der Waals surface area (Å²) in [4.78, 5) is 19.2. The number of carboxylic acid groups (broad SMARTS) is 1. The Bertz CT molecular complexity index is 1020. The van der Waals surface area contributed by atoms with Crippen molar-refractivity contribution in [2.75, 3.05) is 38.6 Å². The van der Waals surface area contributed by atoms with Gasteiger partial charge in [-0.3, -0.25) is 0 Å². The Morgan fingerprint density at radius 1 is 0.935 bits per heavy atom. The summed E-state index contributed by atoms with van der Waals surface area (Å²) in [7, 11) is 4.62. The summed E-state index contributed by atoms with van der Waals surface area (Å²) in [6, 6.07) is 12.1. The first-order valence-corrected chi connectivity index (χ1v) is 9.14. The molecule has 3 N–H and O–H groups in total. The van der Waals surface area contributed by atoms with E-state index in [9.17, 15) is 4.79 Å². The van der Waals surface area contributed by atoms with Crippen LogP contribution in [0.3, 0.4) is 0 Å². The van der Waals surface area contributed by atoms with E-state index in [-0.39, 0.29) is 0 Å². The highest BCUT2D eigenvalue weighted by Gasteiger charge is 2.14. The molecule has 0 unspecified atom stereocenters. The topological polar surface area (TPSA) is 124 Å². The molecule has 31 heavy (non-hydrogen) atoms. The van der Waals surface area contributed by atoms with Crippen LogP contribution < -0.4 is 29.6 Å². The SMILES string of the molecule is COc1cc(Nc2nccc(Nc3ccc(OCC(=O)O)cc3)n2)cc(OC)c1OC. The maximum Gasteiger partial charge on any atom is 0.341 e. The number of aliphatic carboxylic acids is 1. The molecular formula is C21H22N4O6. The van der Waals surface area contributed by atoms with Crippen LogP contribution >= 0.6 is 0 Å². The second kappa shape index (κ2) is 10.0. The number of hydrogen-bond acceptors (Lipinski definition) is 9. The van der Waals surface area contributed by atoms with E-state index in [0.29, 0.717) is 40.5 Å². The third-order valence-electron chi connectivity index (χ3n) is 4.07. The molecule has 0 aliphatic carbocycles. The molecule has 0 bridgehead atoms. The number of ether oxygens (including phenoxy) is 4. The fraction of sp³-hybridized carbons (Fsp3) is 0.190. The molecule has 0 spiro atoms. The maximum absolute atomic E-state index is 10.6. The normalized spacial score (nSPS) is 10.2. The predicted octanol–water partition coefficient (Wildman–Crippen LogP) is 3.45. The molecule has 0 radical (unpaired) electrons. The molecule has 0 aliphatic rings. The van der Waals surface area contributed by atoms with E-state index in [1.807, 2.05) is 0 Å². The first kappa shape index (κ1) is 21.5. The summed E-state index contributed by atoms with van der Waals surface area (Å²) in [6.45, 7) is -0.394. The van der Waals surface area contributed by atoms with E-state index in [1.165, 1.54) is 7.11 Å². The number of nitrogens with zero attached hydrogens (tertiary/aromatic N) is 2. The lowest BCUT2D eigenvalue weighted by Gasteiger charge is -2.15. The van der Waals surface area contributed by atoms with E-state index in [0.717, 1.165) is 5.69 Å². The van der Waals surface area contributed by atoms with Gasteiger partial charge in [-0.25, -0.2) is 9.78 Å². The minimum absolute atomic E-state index is 0.362. The molecule has 0 aliphatic heterocycles. The van der Waals surface area contributed by atoms with Gasteiger partial charge in [0.1, 0.15) is 11.6 Å². The minimum atomic E-state index is -1.03. The lowest BCUT2D eigenvalue weighted by Crippen LogP contribution is -2.09. The van der Waals surface area contributed by atoms with Crippen LogP contribution in [0.5, 0.6) is 23.0 Å². The van der Waals surface area contributed by atoms with Crippen molar-refractivity contribution in [1.82, 2.24) is 9.97 Å². The highest BCUT2D eigenvalue weighted by molar-refractivity contribution is 5.69. The molecule has 0 amide bonds. The van der Waals surface area contributed by atoms with E-state index < -0.39 is 12.6 Å². The van der Waals surface area contributed by atoms with E-state index in [2.05, 4.69) is 20.6 Å². The summed E-state index contributed by atoms with van der Waals surface area (Å²) in [5, 5.41) is 14.9. The first-order valence-electron chi connectivity index (χ1n) is 9.14. The average Bonchev–Trinajstić information content (AvgIpc) is 2.78. The first-order chi connectivity index (χ1) is 15.0. The standard InChI is InChI=1S/C21H22N4O6/c1-28-16-10-14(11-17(29-2)20(16)30-3)24-21-22-9-8-18(25-21)23-13-4-6-15(7-5-13)31-12-19(26)27/h4-11H,12H2,1-3H3,(H,26,27)(H2,22,23,24,25). The number of nitrogens with one attached hydrogen (secondary N) is 2. The number of carboxylic acids is 1. The highest BCUT2D eigenvalue weighted by atomic mass is 16.5. The molecule has 162 valence electrons. The molecule has 1 aromatic heterocycles. The number of benzene rings is 2. The lowest BCUT2D eigenvalue weighted by atomic mass is 10.2. The Morgan fingerprint density at radius 3 is 2.19 bits per heavy atom. The van der Waals surface area contributed by atoms with Crippen molar-refractivity contribution in [3.05, 3.63) is 48.7 Å². The highest BCUT2D eigenvalue weighted by Crippen LogP contribution is 2.40. The fourth-order valence-corrected chi connectivity index (χ4v) is 2.70. The number of anilines is 4. The minimum Gasteiger partial charge on any atom is -0.493 e. The van der Waals surface area contributed by atoms with Crippen LogP contribution in [0, 0.1) is 0 Å². The van der Waals surface area contributed by atoms with Crippen LogP contribution in [-0.2, 0) is 4.79 Å². The van der Waals surface area contributed by atoms with E-state index in [1.54, 1.807) is 62.9 Å². The largest absolute Gasteiger partial charge is 0.493 e. The zero-order valence-corrected chi connectivity index (χ0v) is 17.2. The number of carbonyl (C=O) groups is 1. The van der Waals surface area contributed by atoms with E-state index in [4.69, 9.17) is 24.1 Å². The van der Waals surface area contributed by atoms with Gasteiger partial charge in [-0.1, -0.05) is 0 Å². The average molecular weight is 426 g/mol. The Morgan fingerprint density at radius 2 is 1.61 bits per heavy atom. The number of rotatable bonds is 10. The molecule has 3 aromatic rings. The van der Waals surface area contributed by atoms with Gasteiger partial charge in [-0.05, 0) is 30.3 Å². The van der Waals surface area contributed by atoms with Gasteiger partial charge in [0, 0.05) is 29.7 Å². The zero-order valence-electron chi connectivity index (χ0n) is 17.2. The van der Waals surface area contributed by atoms with Crippen LogP contribution in [0.15, 0.2) is 48.7 Å². The second-order valence-electron chi connectivity index (χ2n) is 6.14. The van der Waals surface area contributed by atoms with Gasteiger partial charge in [0.25, 0.3) is 0 Å². The number of methoxy groups -OCH3 is 3. The number of aromatic nitrogens is 2. The number of hydrogen-bond donors (Lipinski definition) is 3. The van der Waals surface area contributed by atoms with Crippen molar-refractivity contribution in [2.45, 2.75) is 0 Å². The van der Waals surface area contributed by atoms with Crippen LogP contribution in [0.1, 0.15) is 0 Å². The molecule has 0 saturated heterocycles. The van der Waals surface area contributed by atoms with Crippen molar-refractivity contribution in [2.24, 2.45) is 0 Å². The molecular weight excluding hydrogens is 404 g/mol. The predicted molar refractivity (Wildman–Crippen MR) is 114 cm³/mol. The molecule has 3 rings (SSSR count). The molecule has 0 atom stereocenters. The van der Waals surface area contributed by atoms with E-state index >= 15 is 0 Å². The third kappa shape index (κ3) is 5.66. The summed E-state index contributed by atoms with van der Waals surface area (Å²) in [5.74, 6) is 1.84. The van der Waals surface area contributed by atoms with Crippen LogP contribution in [0.4, 0.5) is 23.1 Å². The molecule has 1 heterocycles. The van der Waals surface area contributed by atoms with Crippen molar-refractivity contribution in [1.29, 1.82) is 0 Å². The monoisotopic (exact) mass is 426 g/mol. The molecule has 10 heteroatoms. The Balaban J connectivity index is 1.73. The van der Waals surface area contributed by atoms with Gasteiger partial charge in [0.05, 0.1) is 21.3 Å². The second-order valence-corrected chi connectivity index (χ2v) is 6.14. The third-order valence-corrected chi connectivity index (χ3v) is 4.07. The molecule has 0 saturated carbocycles.